The lowest BCUT2D eigenvalue weighted by molar-refractivity contribution is -0.143. The number of nitrogens with one attached hydrogen (secondary N) is 3. The molecule has 2 rings (SSSR count). The van der Waals surface area contributed by atoms with E-state index in [-0.39, 0.29) is 24.6 Å². The van der Waals surface area contributed by atoms with E-state index in [1.165, 1.54) is 0 Å². The molecule has 1 aliphatic heterocycles. The molecule has 0 bridgehead atoms. The molecule has 1 atom stereocenters. The number of carbonyl (C=O) groups excluding carboxylic acids is 2. The standard InChI is InChI=1S/C18H26N4O4/c1-12(2)20-17(25)21-15-7-5-13(6-8-15)10-19-18(26)22-9-3-4-14(11-22)16(23)24/h5-8,12,14H,3-4,9-11H2,1-2H3,(H,19,26)(H,23,24)(H2,20,21,25). The van der Waals surface area contributed by atoms with E-state index in [1.807, 2.05) is 26.0 Å². The SMILES string of the molecule is CC(C)NC(=O)Nc1ccc(CNC(=O)N2CCCC(C(=O)O)C2)cc1. The van der Waals surface area contributed by atoms with Gasteiger partial charge in [0.05, 0.1) is 5.92 Å². The molecule has 1 heterocycles. The normalized spacial score (nSPS) is 16.9. The molecule has 0 aromatic heterocycles. The van der Waals surface area contributed by atoms with Crippen LogP contribution in [0, 0.1) is 5.92 Å². The summed E-state index contributed by atoms with van der Waals surface area (Å²) in [5, 5.41) is 17.4. The summed E-state index contributed by atoms with van der Waals surface area (Å²) >= 11 is 0. The zero-order chi connectivity index (χ0) is 19.1. The highest BCUT2D eigenvalue weighted by Gasteiger charge is 2.27. The number of hydrogen-bond donors (Lipinski definition) is 4. The van der Waals surface area contributed by atoms with Gasteiger partial charge in [0, 0.05) is 31.4 Å². The summed E-state index contributed by atoms with van der Waals surface area (Å²) in [6, 6.07) is 6.71. The molecule has 142 valence electrons. The third-order valence-corrected chi connectivity index (χ3v) is 4.13. The Labute approximate surface area is 152 Å². The lowest BCUT2D eigenvalue weighted by atomic mass is 9.99. The molecule has 0 spiro atoms. The highest BCUT2D eigenvalue weighted by atomic mass is 16.4. The number of carboxylic acid groups (broad SMARTS) is 1. The van der Waals surface area contributed by atoms with E-state index >= 15 is 0 Å². The molecule has 8 heteroatoms. The van der Waals surface area contributed by atoms with Gasteiger partial charge in [0.15, 0.2) is 0 Å². The Morgan fingerprint density at radius 3 is 2.54 bits per heavy atom. The maximum absolute atomic E-state index is 12.2. The number of likely N-dealkylation sites (tertiary alicyclic amines) is 1. The predicted octanol–water partition coefficient (Wildman–Crippen LogP) is 2.22. The van der Waals surface area contributed by atoms with Gasteiger partial charge < -0.3 is 26.0 Å². The molecule has 1 fully saturated rings. The molecule has 1 aromatic rings. The second-order valence-corrected chi connectivity index (χ2v) is 6.73. The number of carbonyl (C=O) groups is 3. The molecule has 1 aromatic carbocycles. The van der Waals surface area contributed by atoms with Crippen LogP contribution in [-0.2, 0) is 11.3 Å². The highest BCUT2D eigenvalue weighted by molar-refractivity contribution is 5.89. The molecule has 1 aliphatic rings. The van der Waals surface area contributed by atoms with Crippen LogP contribution in [0.3, 0.4) is 0 Å². The summed E-state index contributed by atoms with van der Waals surface area (Å²) in [6.07, 6.45) is 1.31. The van der Waals surface area contributed by atoms with Crippen molar-refractivity contribution < 1.29 is 19.5 Å². The second-order valence-electron chi connectivity index (χ2n) is 6.73. The summed E-state index contributed by atoms with van der Waals surface area (Å²) in [5.74, 6) is -1.34. The zero-order valence-electron chi connectivity index (χ0n) is 15.1. The minimum Gasteiger partial charge on any atom is -0.481 e. The molecular formula is C18H26N4O4. The number of hydrogen-bond acceptors (Lipinski definition) is 3. The van der Waals surface area contributed by atoms with E-state index in [0.717, 1.165) is 5.56 Å². The van der Waals surface area contributed by atoms with Gasteiger partial charge in [0.2, 0.25) is 0 Å². The monoisotopic (exact) mass is 362 g/mol. The molecule has 0 saturated carbocycles. The predicted molar refractivity (Wildman–Crippen MR) is 97.9 cm³/mol. The smallest absolute Gasteiger partial charge is 0.319 e. The fourth-order valence-corrected chi connectivity index (χ4v) is 2.79. The van der Waals surface area contributed by atoms with Gasteiger partial charge >= 0.3 is 18.0 Å². The molecule has 0 radical (unpaired) electrons. The minimum atomic E-state index is -0.855. The van der Waals surface area contributed by atoms with E-state index in [9.17, 15) is 14.4 Å². The number of aliphatic carboxylic acids is 1. The van der Waals surface area contributed by atoms with Crippen molar-refractivity contribution in [3.05, 3.63) is 29.8 Å². The fourth-order valence-electron chi connectivity index (χ4n) is 2.79. The van der Waals surface area contributed by atoms with Crippen LogP contribution in [0.25, 0.3) is 0 Å². The Morgan fingerprint density at radius 1 is 1.23 bits per heavy atom. The van der Waals surface area contributed by atoms with Crippen LogP contribution in [-0.4, -0.2) is 47.2 Å². The largest absolute Gasteiger partial charge is 0.481 e. The van der Waals surface area contributed by atoms with Gasteiger partial charge in [-0.05, 0) is 44.4 Å². The summed E-state index contributed by atoms with van der Waals surface area (Å²) in [6.45, 7) is 4.92. The van der Waals surface area contributed by atoms with Crippen LogP contribution in [0.2, 0.25) is 0 Å². The summed E-state index contributed by atoms with van der Waals surface area (Å²) in [5.41, 5.74) is 1.55. The van der Waals surface area contributed by atoms with Crippen molar-refractivity contribution in [2.75, 3.05) is 18.4 Å². The quantitative estimate of drug-likeness (QED) is 0.643. The van der Waals surface area contributed by atoms with Crippen molar-refractivity contribution in [3.63, 3.8) is 0 Å². The van der Waals surface area contributed by atoms with Gasteiger partial charge in [-0.2, -0.15) is 0 Å². The first kappa shape index (κ1) is 19.6. The minimum absolute atomic E-state index is 0.0556. The number of rotatable bonds is 5. The van der Waals surface area contributed by atoms with Gasteiger partial charge in [-0.15, -0.1) is 0 Å². The molecule has 0 aliphatic carbocycles. The third-order valence-electron chi connectivity index (χ3n) is 4.13. The van der Waals surface area contributed by atoms with Gasteiger partial charge in [-0.1, -0.05) is 12.1 Å². The summed E-state index contributed by atoms with van der Waals surface area (Å²) < 4.78 is 0. The Kier molecular flexibility index (Phi) is 6.82. The summed E-state index contributed by atoms with van der Waals surface area (Å²) in [7, 11) is 0. The molecule has 8 nitrogen and oxygen atoms in total. The Bertz CT molecular complexity index is 645. The van der Waals surface area contributed by atoms with Crippen LogP contribution >= 0.6 is 0 Å². The average molecular weight is 362 g/mol. The number of piperidine rings is 1. The van der Waals surface area contributed by atoms with Gasteiger partial charge in [0.25, 0.3) is 0 Å². The van der Waals surface area contributed by atoms with Gasteiger partial charge in [0.1, 0.15) is 0 Å². The van der Waals surface area contributed by atoms with Crippen molar-refractivity contribution >= 4 is 23.7 Å². The van der Waals surface area contributed by atoms with E-state index in [0.29, 0.717) is 31.6 Å². The first-order valence-corrected chi connectivity index (χ1v) is 8.77. The number of carboxylic acids is 1. The van der Waals surface area contributed by atoms with E-state index in [4.69, 9.17) is 5.11 Å². The van der Waals surface area contributed by atoms with E-state index in [1.54, 1.807) is 17.0 Å². The number of benzene rings is 1. The maximum atomic E-state index is 12.2. The summed E-state index contributed by atoms with van der Waals surface area (Å²) in [4.78, 5) is 36.5. The lowest BCUT2D eigenvalue weighted by Crippen LogP contribution is -2.46. The third kappa shape index (κ3) is 5.94. The van der Waals surface area contributed by atoms with Crippen LogP contribution in [0.4, 0.5) is 15.3 Å². The molecule has 26 heavy (non-hydrogen) atoms. The number of urea groups is 2. The van der Waals surface area contributed by atoms with Crippen molar-refractivity contribution in [2.24, 2.45) is 5.92 Å². The molecule has 4 N–H and O–H groups in total. The molecule has 1 unspecified atom stereocenters. The highest BCUT2D eigenvalue weighted by Crippen LogP contribution is 2.17. The molecular weight excluding hydrogens is 336 g/mol. The first-order chi connectivity index (χ1) is 12.3. The Morgan fingerprint density at radius 2 is 1.92 bits per heavy atom. The van der Waals surface area contributed by atoms with Crippen molar-refractivity contribution in [1.82, 2.24) is 15.5 Å². The molecule has 4 amide bonds. The van der Waals surface area contributed by atoms with Crippen molar-refractivity contribution in [2.45, 2.75) is 39.3 Å². The maximum Gasteiger partial charge on any atom is 0.319 e. The van der Waals surface area contributed by atoms with E-state index in [2.05, 4.69) is 16.0 Å². The fraction of sp³-hybridized carbons (Fsp3) is 0.500. The Balaban J connectivity index is 1.81. The number of anilines is 1. The lowest BCUT2D eigenvalue weighted by Gasteiger charge is -2.30. The van der Waals surface area contributed by atoms with Crippen molar-refractivity contribution in [3.8, 4) is 0 Å². The van der Waals surface area contributed by atoms with E-state index < -0.39 is 11.9 Å². The Hall–Kier alpha value is -2.77. The van der Waals surface area contributed by atoms with Gasteiger partial charge in [-0.25, -0.2) is 9.59 Å². The second kappa shape index (κ2) is 9.07. The van der Waals surface area contributed by atoms with Gasteiger partial charge in [-0.3, -0.25) is 4.79 Å². The van der Waals surface area contributed by atoms with Crippen LogP contribution in [0.1, 0.15) is 32.3 Å². The van der Waals surface area contributed by atoms with Crippen LogP contribution in [0.15, 0.2) is 24.3 Å². The van der Waals surface area contributed by atoms with Crippen LogP contribution in [0.5, 0.6) is 0 Å². The van der Waals surface area contributed by atoms with Crippen LogP contribution < -0.4 is 16.0 Å². The average Bonchev–Trinajstić information content (AvgIpc) is 2.60. The zero-order valence-corrected chi connectivity index (χ0v) is 15.1. The first-order valence-electron chi connectivity index (χ1n) is 8.77. The molecule has 1 saturated heterocycles. The topological polar surface area (TPSA) is 111 Å². The number of nitrogens with zero attached hydrogens (tertiary/aromatic N) is 1. The number of amides is 4. The van der Waals surface area contributed by atoms with Crippen molar-refractivity contribution in [1.29, 1.82) is 0 Å².